The third-order valence-corrected chi connectivity index (χ3v) is 4.72. The van der Waals surface area contributed by atoms with E-state index in [1.807, 2.05) is 29.2 Å². The summed E-state index contributed by atoms with van der Waals surface area (Å²) in [5, 5.41) is 6.97. The number of amides is 1. The maximum absolute atomic E-state index is 12.2. The van der Waals surface area contributed by atoms with Gasteiger partial charge in [-0.3, -0.25) is 4.79 Å². The van der Waals surface area contributed by atoms with Crippen molar-refractivity contribution in [3.63, 3.8) is 0 Å². The number of anilines is 3. The molecule has 0 fully saturated rings. The van der Waals surface area contributed by atoms with Gasteiger partial charge in [-0.25, -0.2) is 0 Å². The van der Waals surface area contributed by atoms with Crippen molar-refractivity contribution in [2.45, 2.75) is 12.6 Å². The number of ether oxygens (including phenoxy) is 2. The Kier molecular flexibility index (Phi) is 3.97. The van der Waals surface area contributed by atoms with Crippen molar-refractivity contribution < 1.29 is 14.3 Å². The van der Waals surface area contributed by atoms with E-state index in [-0.39, 0.29) is 12.1 Å². The van der Waals surface area contributed by atoms with Gasteiger partial charge < -0.3 is 25.0 Å². The van der Waals surface area contributed by atoms with Crippen LogP contribution >= 0.6 is 0 Å². The number of carbonyl (C=O) groups excluding carboxylic acids is 1. The Balaban J connectivity index is 1.57. The highest BCUT2D eigenvalue weighted by molar-refractivity contribution is 6.03. The van der Waals surface area contributed by atoms with E-state index in [0.29, 0.717) is 19.6 Å². The summed E-state index contributed by atoms with van der Waals surface area (Å²) in [4.78, 5) is 14.0. The number of fused-ring (bicyclic) bond motifs is 2. The predicted octanol–water partition coefficient (Wildman–Crippen LogP) is 2.77. The number of rotatable bonds is 5. The molecule has 0 saturated carbocycles. The van der Waals surface area contributed by atoms with Crippen LogP contribution in [0.15, 0.2) is 36.4 Å². The van der Waals surface area contributed by atoms with Crippen LogP contribution in [0, 0.1) is 0 Å². The summed E-state index contributed by atoms with van der Waals surface area (Å²) in [7, 11) is 3.31. The Hall–Kier alpha value is -2.73. The van der Waals surface area contributed by atoms with E-state index < -0.39 is 0 Å². The van der Waals surface area contributed by atoms with Crippen molar-refractivity contribution in [1.82, 2.24) is 0 Å². The van der Waals surface area contributed by atoms with Crippen LogP contribution in [0.25, 0.3) is 0 Å². The minimum absolute atomic E-state index is 0.00607. The molecule has 0 bridgehead atoms. The summed E-state index contributed by atoms with van der Waals surface area (Å²) >= 11 is 0. The maximum Gasteiger partial charge on any atom is 0.231 e. The zero-order valence-corrected chi connectivity index (χ0v) is 14.3. The fourth-order valence-electron chi connectivity index (χ4n) is 3.40. The van der Waals surface area contributed by atoms with E-state index in [1.165, 1.54) is 0 Å². The van der Waals surface area contributed by atoms with Gasteiger partial charge in [0.1, 0.15) is 11.9 Å². The van der Waals surface area contributed by atoms with Gasteiger partial charge in [0.25, 0.3) is 0 Å². The molecule has 2 aromatic rings. The summed E-state index contributed by atoms with van der Waals surface area (Å²) < 4.78 is 10.3. The molecule has 0 aromatic heterocycles. The Morgan fingerprint density at radius 2 is 1.84 bits per heavy atom. The molecule has 25 heavy (non-hydrogen) atoms. The van der Waals surface area contributed by atoms with Gasteiger partial charge in [-0.1, -0.05) is 12.1 Å². The number of carbonyl (C=O) groups is 1. The largest absolute Gasteiger partial charge is 0.497 e. The lowest BCUT2D eigenvalue weighted by Gasteiger charge is -2.17. The standard InChI is InChI=1S/C19H21N3O3/c1-24-8-7-22-17-11-16-15(9-13(17)10-18(22)23)20-19(21-16)12-3-5-14(25-2)6-4-12/h3-6,9,11,19-21H,7-8,10H2,1-2H3. The third kappa shape index (κ3) is 2.78. The van der Waals surface area contributed by atoms with E-state index in [2.05, 4.69) is 22.8 Å². The normalized spacial score (nSPS) is 17.8. The van der Waals surface area contributed by atoms with Crippen LogP contribution in [0.5, 0.6) is 5.75 Å². The molecule has 1 amide bonds. The number of nitrogens with zero attached hydrogens (tertiary/aromatic N) is 1. The van der Waals surface area contributed by atoms with Crippen LogP contribution in [-0.2, 0) is 16.0 Å². The summed E-state index contributed by atoms with van der Waals surface area (Å²) in [6, 6.07) is 12.1. The Bertz CT molecular complexity index is 804. The molecule has 6 nitrogen and oxygen atoms in total. The number of hydrogen-bond donors (Lipinski definition) is 2. The number of nitrogens with one attached hydrogen (secondary N) is 2. The van der Waals surface area contributed by atoms with Crippen molar-refractivity contribution in [3.8, 4) is 5.75 Å². The number of hydrogen-bond acceptors (Lipinski definition) is 5. The summed E-state index contributed by atoms with van der Waals surface area (Å²) in [6.45, 7) is 1.11. The Labute approximate surface area is 146 Å². The SMILES string of the molecule is COCCN1C(=O)Cc2cc3c(cc21)NC(c1ccc(OC)cc1)N3. The second-order valence-corrected chi connectivity index (χ2v) is 6.24. The van der Waals surface area contributed by atoms with Gasteiger partial charge in [0.15, 0.2) is 0 Å². The minimum Gasteiger partial charge on any atom is -0.497 e. The van der Waals surface area contributed by atoms with Gasteiger partial charge in [-0.15, -0.1) is 0 Å². The van der Waals surface area contributed by atoms with Gasteiger partial charge in [0.2, 0.25) is 5.91 Å². The molecule has 6 heteroatoms. The van der Waals surface area contributed by atoms with Crippen molar-refractivity contribution in [2.24, 2.45) is 0 Å². The highest BCUT2D eigenvalue weighted by Gasteiger charge is 2.31. The molecule has 130 valence electrons. The molecule has 1 atom stereocenters. The molecule has 2 aliphatic heterocycles. The van der Waals surface area contributed by atoms with Crippen LogP contribution in [0.1, 0.15) is 17.3 Å². The van der Waals surface area contributed by atoms with Crippen LogP contribution in [0.3, 0.4) is 0 Å². The molecule has 0 saturated heterocycles. The van der Waals surface area contributed by atoms with E-state index in [0.717, 1.165) is 33.9 Å². The van der Waals surface area contributed by atoms with Crippen molar-refractivity contribution in [3.05, 3.63) is 47.5 Å². The predicted molar refractivity (Wildman–Crippen MR) is 97.4 cm³/mol. The molecule has 4 rings (SSSR count). The van der Waals surface area contributed by atoms with E-state index in [4.69, 9.17) is 9.47 Å². The first-order chi connectivity index (χ1) is 12.2. The second kappa shape index (κ2) is 6.29. The summed E-state index contributed by atoms with van der Waals surface area (Å²) in [5.41, 5.74) is 5.21. The van der Waals surface area contributed by atoms with Crippen LogP contribution in [0.4, 0.5) is 17.1 Å². The Morgan fingerprint density at radius 3 is 2.52 bits per heavy atom. The summed E-state index contributed by atoms with van der Waals surface area (Å²) in [5.74, 6) is 0.966. The van der Waals surface area contributed by atoms with Crippen LogP contribution in [-0.4, -0.2) is 33.3 Å². The molecule has 2 heterocycles. The molecular weight excluding hydrogens is 318 g/mol. The first-order valence-electron chi connectivity index (χ1n) is 8.33. The van der Waals surface area contributed by atoms with Crippen LogP contribution in [0.2, 0.25) is 0 Å². The van der Waals surface area contributed by atoms with E-state index in [1.54, 1.807) is 14.2 Å². The topological polar surface area (TPSA) is 62.8 Å². The van der Waals surface area contributed by atoms with Gasteiger partial charge in [-0.05, 0) is 35.4 Å². The molecular formula is C19H21N3O3. The van der Waals surface area contributed by atoms with Gasteiger partial charge in [-0.2, -0.15) is 0 Å². The quantitative estimate of drug-likeness (QED) is 0.877. The molecule has 2 N–H and O–H groups in total. The highest BCUT2D eigenvalue weighted by atomic mass is 16.5. The lowest BCUT2D eigenvalue weighted by Crippen LogP contribution is -2.30. The molecule has 0 spiro atoms. The fraction of sp³-hybridized carbons (Fsp3) is 0.316. The number of benzene rings is 2. The lowest BCUT2D eigenvalue weighted by atomic mass is 10.1. The molecule has 2 aliphatic rings. The van der Waals surface area contributed by atoms with Crippen molar-refractivity contribution >= 4 is 23.0 Å². The highest BCUT2D eigenvalue weighted by Crippen LogP contribution is 2.42. The minimum atomic E-state index is 0.00607. The smallest absolute Gasteiger partial charge is 0.231 e. The van der Waals surface area contributed by atoms with E-state index >= 15 is 0 Å². The lowest BCUT2D eigenvalue weighted by molar-refractivity contribution is -0.117. The van der Waals surface area contributed by atoms with Gasteiger partial charge in [0, 0.05) is 19.3 Å². The first kappa shape index (κ1) is 15.8. The molecule has 0 radical (unpaired) electrons. The zero-order valence-electron chi connectivity index (χ0n) is 14.3. The Morgan fingerprint density at radius 1 is 1.12 bits per heavy atom. The first-order valence-corrected chi connectivity index (χ1v) is 8.33. The van der Waals surface area contributed by atoms with Gasteiger partial charge >= 0.3 is 0 Å². The van der Waals surface area contributed by atoms with Crippen LogP contribution < -0.4 is 20.3 Å². The molecule has 2 aromatic carbocycles. The van der Waals surface area contributed by atoms with E-state index in [9.17, 15) is 4.79 Å². The summed E-state index contributed by atoms with van der Waals surface area (Å²) in [6.07, 6.45) is 0.452. The zero-order chi connectivity index (χ0) is 17.4. The monoisotopic (exact) mass is 339 g/mol. The van der Waals surface area contributed by atoms with Crippen molar-refractivity contribution in [1.29, 1.82) is 0 Å². The van der Waals surface area contributed by atoms with Crippen molar-refractivity contribution in [2.75, 3.05) is 42.9 Å². The third-order valence-electron chi connectivity index (χ3n) is 4.72. The second-order valence-electron chi connectivity index (χ2n) is 6.24. The average Bonchev–Trinajstić information content (AvgIpc) is 3.17. The average molecular weight is 339 g/mol. The maximum atomic E-state index is 12.2. The fourth-order valence-corrected chi connectivity index (χ4v) is 3.40. The number of methoxy groups -OCH3 is 2. The molecule has 1 unspecified atom stereocenters. The molecule has 0 aliphatic carbocycles. The van der Waals surface area contributed by atoms with Gasteiger partial charge in [0.05, 0.1) is 31.5 Å².